The number of quaternary nitrogens is 1. The lowest BCUT2D eigenvalue weighted by Crippen LogP contribution is -3.08. The summed E-state index contributed by atoms with van der Waals surface area (Å²) in [5.41, 5.74) is 4.05. The number of anilines is 1. The van der Waals surface area contributed by atoms with Crippen LogP contribution in [0.1, 0.15) is 16.7 Å². The van der Waals surface area contributed by atoms with E-state index in [2.05, 4.69) is 22.1 Å². The van der Waals surface area contributed by atoms with Crippen molar-refractivity contribution in [2.24, 2.45) is 0 Å². The number of carbonyl (C=O) groups excluding carboxylic acids is 2. The highest BCUT2D eigenvalue weighted by atomic mass is 32.1. The number of para-hydroxylation sites is 1. The molecule has 2 aromatic rings. The Morgan fingerprint density at radius 1 is 1.12 bits per heavy atom. The molecule has 0 aliphatic carbocycles. The highest BCUT2D eigenvalue weighted by molar-refractivity contribution is 7.07. The van der Waals surface area contributed by atoms with Crippen LogP contribution in [-0.2, 0) is 16.1 Å². The van der Waals surface area contributed by atoms with E-state index in [-0.39, 0.29) is 18.4 Å². The second-order valence-corrected chi connectivity index (χ2v) is 6.81. The molecular formula is C18H24N3O2S+. The molecule has 3 N–H and O–H groups in total. The number of carbonyl (C=O) groups is 2. The average molecular weight is 346 g/mol. The van der Waals surface area contributed by atoms with Gasteiger partial charge in [0.05, 0.1) is 13.6 Å². The second-order valence-electron chi connectivity index (χ2n) is 6.03. The molecule has 0 saturated heterocycles. The second kappa shape index (κ2) is 8.61. The van der Waals surface area contributed by atoms with Crippen molar-refractivity contribution in [1.29, 1.82) is 0 Å². The van der Waals surface area contributed by atoms with Gasteiger partial charge in [0.25, 0.3) is 5.91 Å². The van der Waals surface area contributed by atoms with Crippen LogP contribution in [0.15, 0.2) is 35.0 Å². The number of rotatable bonds is 7. The Labute approximate surface area is 146 Å². The summed E-state index contributed by atoms with van der Waals surface area (Å²) in [6.07, 6.45) is 0. The molecule has 1 aromatic heterocycles. The van der Waals surface area contributed by atoms with Gasteiger partial charge in [-0.1, -0.05) is 18.2 Å². The van der Waals surface area contributed by atoms with Crippen LogP contribution in [0.25, 0.3) is 0 Å². The SMILES string of the molecule is Cc1cccc(C)c1NC(=O)CNC(=O)C[NH+](C)Cc1ccsc1. The highest BCUT2D eigenvalue weighted by Gasteiger charge is 2.13. The van der Waals surface area contributed by atoms with Crippen molar-refractivity contribution in [2.45, 2.75) is 20.4 Å². The van der Waals surface area contributed by atoms with Crippen LogP contribution in [0.2, 0.25) is 0 Å². The molecule has 0 bridgehead atoms. The van der Waals surface area contributed by atoms with Gasteiger partial charge in [-0.05, 0) is 41.8 Å². The molecule has 1 aromatic carbocycles. The largest absolute Gasteiger partial charge is 0.342 e. The standard InChI is InChI=1S/C18H23N3O2S/c1-13-5-4-6-14(2)18(13)20-16(22)9-19-17(23)11-21(3)10-15-7-8-24-12-15/h4-8,12H,9-11H2,1-3H3,(H,19,23)(H,20,22)/p+1. The summed E-state index contributed by atoms with van der Waals surface area (Å²) in [7, 11) is 1.97. The van der Waals surface area contributed by atoms with Gasteiger partial charge in [0.2, 0.25) is 5.91 Å². The van der Waals surface area contributed by atoms with Crippen LogP contribution in [0.5, 0.6) is 0 Å². The van der Waals surface area contributed by atoms with E-state index >= 15 is 0 Å². The summed E-state index contributed by atoms with van der Waals surface area (Å²) in [6, 6.07) is 7.91. The number of thiophene rings is 1. The van der Waals surface area contributed by atoms with E-state index in [4.69, 9.17) is 0 Å². The first-order chi connectivity index (χ1) is 11.5. The fourth-order valence-electron chi connectivity index (χ4n) is 2.51. The molecule has 2 amide bonds. The van der Waals surface area contributed by atoms with Crippen LogP contribution in [0.4, 0.5) is 5.69 Å². The zero-order valence-electron chi connectivity index (χ0n) is 14.3. The first-order valence-corrected chi connectivity index (χ1v) is 8.85. The van der Waals surface area contributed by atoms with Gasteiger partial charge in [-0.15, -0.1) is 0 Å². The van der Waals surface area contributed by atoms with E-state index in [1.54, 1.807) is 11.3 Å². The van der Waals surface area contributed by atoms with Crippen LogP contribution < -0.4 is 15.5 Å². The predicted molar refractivity (Wildman–Crippen MR) is 97.3 cm³/mol. The van der Waals surface area contributed by atoms with E-state index < -0.39 is 0 Å². The van der Waals surface area contributed by atoms with Crippen molar-refractivity contribution in [1.82, 2.24) is 5.32 Å². The van der Waals surface area contributed by atoms with Crippen molar-refractivity contribution in [2.75, 3.05) is 25.5 Å². The molecule has 1 atom stereocenters. The zero-order valence-corrected chi connectivity index (χ0v) is 15.1. The molecule has 0 aliphatic heterocycles. The third-order valence-electron chi connectivity index (χ3n) is 3.74. The number of amides is 2. The number of aryl methyl sites for hydroxylation is 2. The molecule has 1 unspecified atom stereocenters. The van der Waals surface area contributed by atoms with Gasteiger partial charge >= 0.3 is 0 Å². The van der Waals surface area contributed by atoms with E-state index in [0.717, 1.165) is 28.3 Å². The van der Waals surface area contributed by atoms with Gasteiger partial charge in [0.1, 0.15) is 6.54 Å². The maximum absolute atomic E-state index is 12.0. The molecule has 0 fully saturated rings. The van der Waals surface area contributed by atoms with Gasteiger partial charge in [-0.25, -0.2) is 0 Å². The average Bonchev–Trinajstić information content (AvgIpc) is 3.02. The monoisotopic (exact) mass is 346 g/mol. The molecular weight excluding hydrogens is 322 g/mol. The summed E-state index contributed by atoms with van der Waals surface area (Å²) in [5, 5.41) is 9.66. The zero-order chi connectivity index (χ0) is 17.5. The first kappa shape index (κ1) is 18.2. The normalized spacial score (nSPS) is 11.8. The molecule has 128 valence electrons. The lowest BCUT2D eigenvalue weighted by molar-refractivity contribution is -0.885. The fraction of sp³-hybridized carbons (Fsp3) is 0.333. The minimum absolute atomic E-state index is 0.0155. The van der Waals surface area contributed by atoms with Crippen LogP contribution in [0, 0.1) is 13.8 Å². The molecule has 1 heterocycles. The highest BCUT2D eigenvalue weighted by Crippen LogP contribution is 2.18. The minimum Gasteiger partial charge on any atom is -0.342 e. The number of hydrogen-bond donors (Lipinski definition) is 3. The Morgan fingerprint density at radius 3 is 2.46 bits per heavy atom. The molecule has 0 saturated carbocycles. The molecule has 2 rings (SSSR count). The van der Waals surface area contributed by atoms with Crippen molar-refractivity contribution in [3.05, 3.63) is 51.7 Å². The quantitative estimate of drug-likeness (QED) is 0.704. The topological polar surface area (TPSA) is 62.6 Å². The molecule has 0 aliphatic rings. The molecule has 0 spiro atoms. The van der Waals surface area contributed by atoms with Crippen LogP contribution in [0.3, 0.4) is 0 Å². The maximum Gasteiger partial charge on any atom is 0.275 e. The van der Waals surface area contributed by atoms with E-state index in [1.807, 2.05) is 44.5 Å². The summed E-state index contributed by atoms with van der Waals surface area (Å²) < 4.78 is 0. The van der Waals surface area contributed by atoms with Gasteiger partial charge in [-0.2, -0.15) is 11.3 Å². The molecule has 5 nitrogen and oxygen atoms in total. The minimum atomic E-state index is -0.212. The lowest BCUT2D eigenvalue weighted by Gasteiger charge is -2.14. The summed E-state index contributed by atoms with van der Waals surface area (Å²) in [6.45, 7) is 5.02. The Balaban J connectivity index is 1.76. The van der Waals surface area contributed by atoms with Crippen LogP contribution in [-0.4, -0.2) is 32.0 Å². The van der Waals surface area contributed by atoms with Crippen molar-refractivity contribution < 1.29 is 14.5 Å². The molecule has 24 heavy (non-hydrogen) atoms. The number of likely N-dealkylation sites (N-methyl/N-ethyl adjacent to an activating group) is 1. The van der Waals surface area contributed by atoms with E-state index in [1.165, 1.54) is 5.56 Å². The third-order valence-corrected chi connectivity index (χ3v) is 4.47. The van der Waals surface area contributed by atoms with Gasteiger partial charge in [0, 0.05) is 11.3 Å². The number of benzene rings is 1. The van der Waals surface area contributed by atoms with E-state index in [9.17, 15) is 9.59 Å². The Hall–Kier alpha value is -2.18. The lowest BCUT2D eigenvalue weighted by atomic mass is 10.1. The van der Waals surface area contributed by atoms with Crippen molar-refractivity contribution in [3.8, 4) is 0 Å². The third kappa shape index (κ3) is 5.47. The first-order valence-electron chi connectivity index (χ1n) is 7.91. The number of nitrogens with one attached hydrogen (secondary N) is 3. The van der Waals surface area contributed by atoms with Crippen molar-refractivity contribution >= 4 is 28.8 Å². The summed E-state index contributed by atoms with van der Waals surface area (Å²) >= 11 is 1.65. The van der Waals surface area contributed by atoms with Crippen molar-refractivity contribution in [3.63, 3.8) is 0 Å². The Kier molecular flexibility index (Phi) is 6.52. The number of hydrogen-bond acceptors (Lipinski definition) is 3. The van der Waals surface area contributed by atoms with Crippen LogP contribution >= 0.6 is 11.3 Å². The van der Waals surface area contributed by atoms with E-state index in [0.29, 0.717) is 6.54 Å². The van der Waals surface area contributed by atoms with Gasteiger partial charge in [0.15, 0.2) is 6.54 Å². The predicted octanol–water partition coefficient (Wildman–Crippen LogP) is 1.13. The van der Waals surface area contributed by atoms with Gasteiger partial charge in [-0.3, -0.25) is 9.59 Å². The smallest absolute Gasteiger partial charge is 0.275 e. The summed E-state index contributed by atoms with van der Waals surface area (Å²) in [5.74, 6) is -0.337. The maximum atomic E-state index is 12.0. The fourth-order valence-corrected chi connectivity index (χ4v) is 3.18. The Morgan fingerprint density at radius 2 is 1.83 bits per heavy atom. The van der Waals surface area contributed by atoms with Gasteiger partial charge < -0.3 is 15.5 Å². The summed E-state index contributed by atoms with van der Waals surface area (Å²) in [4.78, 5) is 25.1. The molecule has 0 radical (unpaired) electrons. The Bertz CT molecular complexity index is 678. The molecule has 6 heteroatoms.